The van der Waals surface area contributed by atoms with Crippen molar-refractivity contribution in [2.45, 2.75) is 84.0 Å². The smallest absolute Gasteiger partial charge is 0.438 e. The quantitative estimate of drug-likeness (QED) is 0.194. The zero-order valence-electron chi connectivity index (χ0n) is 15.2. The molecule has 3 nitrogen and oxygen atoms in total. The lowest BCUT2D eigenvalue weighted by Gasteiger charge is -2.02. The Bertz CT molecular complexity index is 308. The molecule has 0 aromatic heterocycles. The maximum atomic E-state index is 10.7. The van der Waals surface area contributed by atoms with E-state index in [1.54, 1.807) is 0 Å². The van der Waals surface area contributed by atoms with Gasteiger partial charge in [0.25, 0.3) is 0 Å². The van der Waals surface area contributed by atoms with Crippen LogP contribution in [0.2, 0.25) is 0 Å². The summed E-state index contributed by atoms with van der Waals surface area (Å²) in [6, 6.07) is 0. The summed E-state index contributed by atoms with van der Waals surface area (Å²) in [4.78, 5) is 10.7. The minimum absolute atomic E-state index is 0.474. The summed E-state index contributed by atoms with van der Waals surface area (Å²) >= 11 is 0. The molecular weight excluding hydrogens is 288 g/mol. The van der Waals surface area contributed by atoms with E-state index in [4.69, 9.17) is 4.74 Å². The van der Waals surface area contributed by atoms with E-state index in [0.29, 0.717) is 6.61 Å². The number of rotatable bonds is 15. The van der Waals surface area contributed by atoms with Crippen molar-refractivity contribution in [3.63, 3.8) is 0 Å². The third kappa shape index (κ3) is 18.7. The first-order valence-corrected chi connectivity index (χ1v) is 9.32. The second-order valence-corrected chi connectivity index (χ2v) is 5.89. The Morgan fingerprint density at radius 1 is 0.783 bits per heavy atom. The fourth-order valence-electron chi connectivity index (χ4n) is 2.30. The van der Waals surface area contributed by atoms with Gasteiger partial charge in [-0.2, -0.15) is 0 Å². The number of ether oxygens (including phenoxy) is 2. The van der Waals surface area contributed by atoms with Crippen molar-refractivity contribution in [3.8, 4) is 0 Å². The molecule has 23 heavy (non-hydrogen) atoms. The van der Waals surface area contributed by atoms with Crippen molar-refractivity contribution in [1.82, 2.24) is 0 Å². The van der Waals surface area contributed by atoms with Crippen molar-refractivity contribution >= 4 is 6.16 Å². The largest absolute Gasteiger partial charge is 0.507 e. The molecule has 0 spiro atoms. The van der Waals surface area contributed by atoms with E-state index in [9.17, 15) is 4.79 Å². The number of hydrogen-bond acceptors (Lipinski definition) is 3. The van der Waals surface area contributed by atoms with Gasteiger partial charge in [-0.25, -0.2) is 4.79 Å². The molecule has 0 fully saturated rings. The molecule has 0 aromatic carbocycles. The number of hydrogen-bond donors (Lipinski definition) is 0. The molecule has 0 N–H and O–H groups in total. The molecule has 0 saturated carbocycles. The fraction of sp³-hybridized carbons (Fsp3) is 0.750. The second kappa shape index (κ2) is 18.8. The summed E-state index contributed by atoms with van der Waals surface area (Å²) in [5.74, 6) is 0. The van der Waals surface area contributed by atoms with Gasteiger partial charge in [-0.05, 0) is 38.5 Å². The average Bonchev–Trinajstić information content (AvgIpc) is 2.57. The van der Waals surface area contributed by atoms with Gasteiger partial charge in [0.05, 0.1) is 13.7 Å². The van der Waals surface area contributed by atoms with E-state index in [2.05, 4.69) is 36.0 Å². The first-order chi connectivity index (χ1) is 11.3. The minimum Gasteiger partial charge on any atom is -0.438 e. The standard InChI is InChI=1S/C20H36O3/c1-3-4-5-6-7-8-9-10-11-12-13-14-15-16-17-18-19-23-20(21)22-2/h7-8,10-11H,3-6,9,12-19H2,1-2H3/b8-7-,11-10-. The van der Waals surface area contributed by atoms with E-state index in [1.807, 2.05) is 0 Å². The SMILES string of the molecule is CCCCC/C=C\C/C=C\CCCCCCCCOC(=O)OC. The Kier molecular flexibility index (Phi) is 17.8. The highest BCUT2D eigenvalue weighted by Gasteiger charge is 1.98. The summed E-state index contributed by atoms with van der Waals surface area (Å²) in [7, 11) is 1.33. The Morgan fingerprint density at radius 3 is 1.96 bits per heavy atom. The molecular formula is C20H36O3. The number of methoxy groups -OCH3 is 1. The van der Waals surface area contributed by atoms with Crippen LogP contribution < -0.4 is 0 Å². The zero-order chi connectivity index (χ0) is 17.0. The van der Waals surface area contributed by atoms with E-state index in [1.165, 1.54) is 64.9 Å². The Balaban J connectivity index is 3.17. The lowest BCUT2D eigenvalue weighted by Crippen LogP contribution is -2.05. The van der Waals surface area contributed by atoms with Gasteiger partial charge in [0.2, 0.25) is 0 Å². The van der Waals surface area contributed by atoms with Crippen LogP contribution in [-0.4, -0.2) is 19.9 Å². The molecule has 0 rings (SSSR count). The molecule has 0 bridgehead atoms. The van der Waals surface area contributed by atoms with Gasteiger partial charge in [-0.3, -0.25) is 0 Å². The Labute approximate surface area is 143 Å². The molecule has 0 aliphatic heterocycles. The van der Waals surface area contributed by atoms with Crippen molar-refractivity contribution in [2.75, 3.05) is 13.7 Å². The summed E-state index contributed by atoms with van der Waals surface area (Å²) in [6.45, 7) is 2.72. The molecule has 0 heterocycles. The second-order valence-electron chi connectivity index (χ2n) is 5.89. The third-order valence-electron chi connectivity index (χ3n) is 3.73. The minimum atomic E-state index is -0.576. The van der Waals surface area contributed by atoms with E-state index < -0.39 is 6.16 Å². The molecule has 134 valence electrons. The summed E-state index contributed by atoms with van der Waals surface area (Å²) in [5.41, 5.74) is 0. The Hall–Kier alpha value is -1.25. The highest BCUT2D eigenvalue weighted by atomic mass is 16.7. The molecule has 0 atom stereocenters. The topological polar surface area (TPSA) is 35.5 Å². The van der Waals surface area contributed by atoms with Crippen LogP contribution in [0.1, 0.15) is 84.0 Å². The summed E-state index contributed by atoms with van der Waals surface area (Å²) in [5, 5.41) is 0. The molecule has 3 heteroatoms. The number of unbranched alkanes of at least 4 members (excludes halogenated alkanes) is 9. The van der Waals surface area contributed by atoms with Crippen molar-refractivity contribution < 1.29 is 14.3 Å². The van der Waals surface area contributed by atoms with Crippen LogP contribution in [0, 0.1) is 0 Å². The highest BCUT2D eigenvalue weighted by molar-refractivity contribution is 5.59. The number of carbonyl (C=O) groups excluding carboxylic acids is 1. The molecule has 0 aromatic rings. The number of carbonyl (C=O) groups is 1. The van der Waals surface area contributed by atoms with E-state index >= 15 is 0 Å². The maximum Gasteiger partial charge on any atom is 0.507 e. The fourth-order valence-corrected chi connectivity index (χ4v) is 2.30. The van der Waals surface area contributed by atoms with Gasteiger partial charge in [0.1, 0.15) is 0 Å². The van der Waals surface area contributed by atoms with Crippen LogP contribution in [0.25, 0.3) is 0 Å². The van der Waals surface area contributed by atoms with Gasteiger partial charge in [-0.1, -0.05) is 69.8 Å². The lowest BCUT2D eigenvalue weighted by atomic mass is 10.1. The Morgan fingerprint density at radius 2 is 1.35 bits per heavy atom. The van der Waals surface area contributed by atoms with Gasteiger partial charge in [0, 0.05) is 0 Å². The van der Waals surface area contributed by atoms with E-state index in [-0.39, 0.29) is 0 Å². The van der Waals surface area contributed by atoms with Crippen LogP contribution in [0.5, 0.6) is 0 Å². The van der Waals surface area contributed by atoms with Gasteiger partial charge < -0.3 is 9.47 Å². The molecule has 0 saturated heterocycles. The first-order valence-electron chi connectivity index (χ1n) is 9.32. The van der Waals surface area contributed by atoms with Crippen LogP contribution in [-0.2, 0) is 9.47 Å². The van der Waals surface area contributed by atoms with Crippen molar-refractivity contribution in [2.24, 2.45) is 0 Å². The molecule has 0 radical (unpaired) electrons. The maximum absolute atomic E-state index is 10.7. The van der Waals surface area contributed by atoms with Gasteiger partial charge in [0.15, 0.2) is 0 Å². The third-order valence-corrected chi connectivity index (χ3v) is 3.73. The molecule has 0 amide bonds. The van der Waals surface area contributed by atoms with Crippen LogP contribution in [0.3, 0.4) is 0 Å². The van der Waals surface area contributed by atoms with Crippen LogP contribution in [0.15, 0.2) is 24.3 Å². The van der Waals surface area contributed by atoms with Crippen molar-refractivity contribution in [3.05, 3.63) is 24.3 Å². The lowest BCUT2D eigenvalue weighted by molar-refractivity contribution is 0.0713. The van der Waals surface area contributed by atoms with Crippen LogP contribution >= 0.6 is 0 Å². The summed E-state index contributed by atoms with van der Waals surface area (Å²) < 4.78 is 9.24. The highest BCUT2D eigenvalue weighted by Crippen LogP contribution is 2.08. The molecule has 0 aliphatic rings. The molecule has 0 aliphatic carbocycles. The van der Waals surface area contributed by atoms with Crippen molar-refractivity contribution in [1.29, 1.82) is 0 Å². The predicted molar refractivity (Wildman–Crippen MR) is 97.7 cm³/mol. The summed E-state index contributed by atoms with van der Waals surface area (Å²) in [6.07, 6.45) is 23.2. The normalized spacial score (nSPS) is 11.4. The monoisotopic (exact) mass is 324 g/mol. The van der Waals surface area contributed by atoms with Gasteiger partial charge >= 0.3 is 6.16 Å². The van der Waals surface area contributed by atoms with Gasteiger partial charge in [-0.15, -0.1) is 0 Å². The van der Waals surface area contributed by atoms with Crippen LogP contribution in [0.4, 0.5) is 4.79 Å². The average molecular weight is 325 g/mol. The molecule has 0 unspecified atom stereocenters. The predicted octanol–water partition coefficient (Wildman–Crippen LogP) is 6.58. The van der Waals surface area contributed by atoms with E-state index in [0.717, 1.165) is 19.3 Å². The first kappa shape index (κ1) is 21.8. The number of allylic oxidation sites excluding steroid dienone is 4. The zero-order valence-corrected chi connectivity index (χ0v) is 15.2.